The first-order valence-corrected chi connectivity index (χ1v) is 5.96. The largest absolute Gasteiger partial charge is 0.388 e. The van der Waals surface area contributed by atoms with Crippen LogP contribution in [0.2, 0.25) is 0 Å². The van der Waals surface area contributed by atoms with E-state index in [1.54, 1.807) is 0 Å². The van der Waals surface area contributed by atoms with Gasteiger partial charge in [-0.1, -0.05) is 13.8 Å². The highest BCUT2D eigenvalue weighted by Crippen LogP contribution is 2.49. The SMILES string of the molecule is CC1(C)CCC(O)(C2(N)CCCOC2)C1. The summed E-state index contributed by atoms with van der Waals surface area (Å²) in [5, 5.41) is 10.7. The van der Waals surface area contributed by atoms with E-state index in [0.29, 0.717) is 6.61 Å². The number of hydrogen-bond acceptors (Lipinski definition) is 3. The molecule has 0 aromatic heterocycles. The van der Waals surface area contributed by atoms with Crippen molar-refractivity contribution in [2.75, 3.05) is 13.2 Å². The second-order valence-electron chi connectivity index (χ2n) is 6.18. The van der Waals surface area contributed by atoms with Crippen LogP contribution in [-0.2, 0) is 4.74 Å². The predicted molar refractivity (Wildman–Crippen MR) is 59.6 cm³/mol. The third-order valence-corrected chi connectivity index (χ3v) is 4.18. The molecule has 1 aliphatic heterocycles. The molecule has 0 spiro atoms. The fourth-order valence-electron chi connectivity index (χ4n) is 3.12. The van der Waals surface area contributed by atoms with Gasteiger partial charge in [0.05, 0.1) is 17.7 Å². The van der Waals surface area contributed by atoms with Crippen LogP contribution in [0.3, 0.4) is 0 Å². The molecule has 0 radical (unpaired) electrons. The molecule has 15 heavy (non-hydrogen) atoms. The van der Waals surface area contributed by atoms with E-state index in [9.17, 15) is 5.11 Å². The van der Waals surface area contributed by atoms with Crippen molar-refractivity contribution in [2.45, 2.75) is 57.1 Å². The van der Waals surface area contributed by atoms with Crippen molar-refractivity contribution in [3.63, 3.8) is 0 Å². The Balaban J connectivity index is 2.15. The zero-order valence-corrected chi connectivity index (χ0v) is 9.88. The lowest BCUT2D eigenvalue weighted by Gasteiger charge is -2.45. The molecule has 3 nitrogen and oxygen atoms in total. The van der Waals surface area contributed by atoms with Gasteiger partial charge in [-0.3, -0.25) is 0 Å². The van der Waals surface area contributed by atoms with Gasteiger partial charge in [0, 0.05) is 6.61 Å². The summed E-state index contributed by atoms with van der Waals surface area (Å²) in [6.07, 6.45) is 4.54. The normalized spacial score (nSPS) is 45.6. The Kier molecular flexibility index (Phi) is 2.61. The van der Waals surface area contributed by atoms with Gasteiger partial charge < -0.3 is 15.6 Å². The van der Waals surface area contributed by atoms with Gasteiger partial charge in [-0.05, 0) is 37.5 Å². The minimum atomic E-state index is -0.711. The van der Waals surface area contributed by atoms with E-state index in [4.69, 9.17) is 10.5 Å². The Labute approximate surface area is 92.0 Å². The second kappa shape index (κ2) is 3.44. The van der Waals surface area contributed by atoms with Crippen molar-refractivity contribution < 1.29 is 9.84 Å². The van der Waals surface area contributed by atoms with Crippen molar-refractivity contribution in [1.82, 2.24) is 0 Å². The minimum absolute atomic E-state index is 0.221. The van der Waals surface area contributed by atoms with Gasteiger partial charge in [0.15, 0.2) is 0 Å². The Morgan fingerprint density at radius 3 is 2.40 bits per heavy atom. The lowest BCUT2D eigenvalue weighted by atomic mass is 9.74. The van der Waals surface area contributed by atoms with Crippen LogP contribution in [0.1, 0.15) is 46.0 Å². The topological polar surface area (TPSA) is 55.5 Å². The molecule has 0 amide bonds. The molecule has 0 aromatic carbocycles. The Morgan fingerprint density at radius 1 is 1.20 bits per heavy atom. The van der Waals surface area contributed by atoms with E-state index in [0.717, 1.165) is 38.7 Å². The second-order valence-corrected chi connectivity index (χ2v) is 6.18. The zero-order valence-electron chi connectivity index (χ0n) is 9.88. The third-order valence-electron chi connectivity index (χ3n) is 4.18. The van der Waals surface area contributed by atoms with Crippen LogP contribution >= 0.6 is 0 Å². The summed E-state index contributed by atoms with van der Waals surface area (Å²) in [5.74, 6) is 0. The molecule has 2 rings (SSSR count). The van der Waals surface area contributed by atoms with Crippen molar-refractivity contribution in [3.8, 4) is 0 Å². The number of ether oxygens (including phenoxy) is 1. The first-order chi connectivity index (χ1) is 6.87. The average Bonchev–Trinajstić information content (AvgIpc) is 2.44. The van der Waals surface area contributed by atoms with E-state index in [-0.39, 0.29) is 5.41 Å². The van der Waals surface area contributed by atoms with Crippen molar-refractivity contribution in [2.24, 2.45) is 11.1 Å². The van der Waals surface area contributed by atoms with Gasteiger partial charge in [0.2, 0.25) is 0 Å². The van der Waals surface area contributed by atoms with Gasteiger partial charge in [-0.15, -0.1) is 0 Å². The van der Waals surface area contributed by atoms with Gasteiger partial charge in [0.1, 0.15) is 0 Å². The maximum absolute atomic E-state index is 10.7. The molecular formula is C12H23NO2. The molecule has 1 aliphatic carbocycles. The Bertz CT molecular complexity index is 246. The van der Waals surface area contributed by atoms with E-state index in [1.165, 1.54) is 0 Å². The smallest absolute Gasteiger partial charge is 0.0854 e. The fraction of sp³-hybridized carbons (Fsp3) is 1.00. The summed E-state index contributed by atoms with van der Waals surface area (Å²) in [5.41, 5.74) is 5.34. The molecule has 3 N–H and O–H groups in total. The monoisotopic (exact) mass is 213 g/mol. The first-order valence-electron chi connectivity index (χ1n) is 5.96. The number of nitrogens with two attached hydrogens (primary N) is 1. The highest BCUT2D eigenvalue weighted by Gasteiger charge is 2.54. The zero-order chi connectivity index (χ0) is 11.2. The molecule has 88 valence electrons. The minimum Gasteiger partial charge on any atom is -0.388 e. The van der Waals surface area contributed by atoms with Crippen molar-refractivity contribution >= 4 is 0 Å². The highest BCUT2D eigenvalue weighted by atomic mass is 16.5. The molecule has 3 heteroatoms. The van der Waals surface area contributed by atoms with E-state index in [1.807, 2.05) is 0 Å². The van der Waals surface area contributed by atoms with Crippen molar-refractivity contribution in [3.05, 3.63) is 0 Å². The first kappa shape index (κ1) is 11.4. The molecule has 0 aromatic rings. The molecule has 0 bridgehead atoms. The van der Waals surface area contributed by atoms with Gasteiger partial charge in [0.25, 0.3) is 0 Å². The van der Waals surface area contributed by atoms with Gasteiger partial charge in [-0.2, -0.15) is 0 Å². The molecule has 2 atom stereocenters. The van der Waals surface area contributed by atoms with E-state index >= 15 is 0 Å². The van der Waals surface area contributed by atoms with Gasteiger partial charge >= 0.3 is 0 Å². The summed E-state index contributed by atoms with van der Waals surface area (Å²) in [6.45, 7) is 5.72. The quantitative estimate of drug-likeness (QED) is 0.693. The lowest BCUT2D eigenvalue weighted by molar-refractivity contribution is -0.0970. The number of rotatable bonds is 1. The summed E-state index contributed by atoms with van der Waals surface area (Å²) in [6, 6.07) is 0. The number of hydrogen-bond donors (Lipinski definition) is 2. The Morgan fingerprint density at radius 2 is 1.93 bits per heavy atom. The summed E-state index contributed by atoms with van der Waals surface area (Å²) < 4.78 is 5.45. The van der Waals surface area contributed by atoms with E-state index < -0.39 is 11.1 Å². The summed E-state index contributed by atoms with van der Waals surface area (Å²) in [7, 11) is 0. The molecule has 1 saturated carbocycles. The molecule has 2 aliphatic rings. The van der Waals surface area contributed by atoms with Gasteiger partial charge in [-0.25, -0.2) is 0 Å². The maximum Gasteiger partial charge on any atom is 0.0854 e. The molecule has 1 heterocycles. The lowest BCUT2D eigenvalue weighted by Crippen LogP contribution is -2.64. The summed E-state index contributed by atoms with van der Waals surface area (Å²) >= 11 is 0. The van der Waals surface area contributed by atoms with Crippen LogP contribution in [0.4, 0.5) is 0 Å². The molecular weight excluding hydrogens is 190 g/mol. The van der Waals surface area contributed by atoms with Crippen LogP contribution in [0.5, 0.6) is 0 Å². The highest BCUT2D eigenvalue weighted by molar-refractivity contribution is 5.10. The Hall–Kier alpha value is -0.120. The number of aliphatic hydroxyl groups is 1. The third kappa shape index (κ3) is 1.93. The average molecular weight is 213 g/mol. The van der Waals surface area contributed by atoms with Crippen LogP contribution < -0.4 is 5.73 Å². The van der Waals surface area contributed by atoms with Crippen LogP contribution in [0.15, 0.2) is 0 Å². The van der Waals surface area contributed by atoms with Crippen LogP contribution in [-0.4, -0.2) is 29.5 Å². The molecule has 2 fully saturated rings. The molecule has 1 saturated heterocycles. The van der Waals surface area contributed by atoms with Crippen LogP contribution in [0, 0.1) is 5.41 Å². The van der Waals surface area contributed by atoms with E-state index in [2.05, 4.69) is 13.8 Å². The standard InChI is InChI=1S/C12H23NO2/c1-10(2)5-6-12(14,8-10)11(13)4-3-7-15-9-11/h14H,3-9,13H2,1-2H3. The van der Waals surface area contributed by atoms with Crippen LogP contribution in [0.25, 0.3) is 0 Å². The predicted octanol–water partition coefficient (Wildman–Crippen LogP) is 1.44. The summed E-state index contributed by atoms with van der Waals surface area (Å²) in [4.78, 5) is 0. The fourth-order valence-corrected chi connectivity index (χ4v) is 3.12. The molecule has 2 unspecified atom stereocenters. The maximum atomic E-state index is 10.7. The van der Waals surface area contributed by atoms with Crippen molar-refractivity contribution in [1.29, 1.82) is 0 Å².